The van der Waals surface area contributed by atoms with Gasteiger partial charge in [0.15, 0.2) is 8.07 Å². The minimum atomic E-state index is -2.80. The van der Waals surface area contributed by atoms with E-state index in [4.69, 9.17) is 0 Å². The van der Waals surface area contributed by atoms with Crippen LogP contribution in [0.5, 0.6) is 0 Å². The van der Waals surface area contributed by atoms with Gasteiger partial charge in [-0.1, -0.05) is 195 Å². The molecule has 1 saturated carbocycles. The molecule has 1 aliphatic carbocycles. The first-order valence-corrected chi connectivity index (χ1v) is 24.7. The Morgan fingerprint density at radius 1 is 0.349 bits per heavy atom. The number of nitrogens with zero attached hydrogens (tertiary/aromatic N) is 2. The van der Waals surface area contributed by atoms with Gasteiger partial charge in [-0.2, -0.15) is 0 Å². The molecule has 0 unspecified atom stereocenters. The lowest BCUT2D eigenvalue weighted by molar-refractivity contribution is 0.444. The quantitative estimate of drug-likeness (QED) is 0.107. The van der Waals surface area contributed by atoms with Crippen molar-refractivity contribution in [3.05, 3.63) is 230 Å². The summed E-state index contributed by atoms with van der Waals surface area (Å²) < 4.78 is 5.01. The van der Waals surface area contributed by atoms with E-state index in [1.165, 1.54) is 119 Å². The minimum absolute atomic E-state index is 0.658. The van der Waals surface area contributed by atoms with E-state index in [1.54, 1.807) is 0 Å². The van der Waals surface area contributed by atoms with E-state index in [-0.39, 0.29) is 0 Å². The highest BCUT2D eigenvalue weighted by Gasteiger charge is 2.41. The van der Waals surface area contributed by atoms with Crippen molar-refractivity contribution in [1.82, 2.24) is 9.13 Å². The molecule has 0 N–H and O–H groups in total. The molecule has 0 atom stereocenters. The fourth-order valence-corrected chi connectivity index (χ4v) is 16.0. The molecule has 9 aromatic carbocycles. The lowest BCUT2D eigenvalue weighted by Crippen LogP contribution is -2.74. The van der Waals surface area contributed by atoms with E-state index in [2.05, 4.69) is 234 Å². The predicted octanol–water partition coefficient (Wildman–Crippen LogP) is 13.0. The highest BCUT2D eigenvalue weighted by molar-refractivity contribution is 7.19. The summed E-state index contributed by atoms with van der Waals surface area (Å²) in [4.78, 5) is 0. The first-order valence-electron chi connectivity index (χ1n) is 22.7. The number of benzene rings is 9. The summed E-state index contributed by atoms with van der Waals surface area (Å²) in [6.07, 6.45) is 6.64. The van der Waals surface area contributed by atoms with Crippen LogP contribution in [0.25, 0.3) is 66.1 Å². The van der Waals surface area contributed by atoms with Gasteiger partial charge >= 0.3 is 0 Å². The SMILES string of the molecule is c1ccc(-c2cccc([Si](c3ccccc3)(c3ccccc3)c3ccc(-n4c5ccccc5c5c(-n6c7ccccc7c7cc(C8CCCCC8)ccc76)cccc54)cc3)c2)cc1. The van der Waals surface area contributed by atoms with Gasteiger partial charge in [0.2, 0.25) is 0 Å². The van der Waals surface area contributed by atoms with Gasteiger partial charge in [-0.05, 0) is 105 Å². The molecule has 302 valence electrons. The Kier molecular flexibility index (Phi) is 9.30. The van der Waals surface area contributed by atoms with E-state index in [1.807, 2.05) is 0 Å². The number of rotatable bonds is 8. The van der Waals surface area contributed by atoms with E-state index >= 15 is 0 Å². The van der Waals surface area contributed by atoms with E-state index in [0.717, 1.165) is 5.69 Å². The van der Waals surface area contributed by atoms with Gasteiger partial charge in [0.25, 0.3) is 0 Å². The molecule has 0 radical (unpaired) electrons. The van der Waals surface area contributed by atoms with E-state index in [0.29, 0.717) is 5.92 Å². The second-order valence-corrected chi connectivity index (χ2v) is 21.3. The van der Waals surface area contributed by atoms with Crippen LogP contribution in [0.3, 0.4) is 0 Å². The van der Waals surface area contributed by atoms with Gasteiger partial charge in [-0.3, -0.25) is 0 Å². The molecule has 2 nitrogen and oxygen atoms in total. The molecule has 0 bridgehead atoms. The van der Waals surface area contributed by atoms with Crippen LogP contribution in [0.1, 0.15) is 43.6 Å². The summed E-state index contributed by atoms with van der Waals surface area (Å²) in [7, 11) is -2.80. The van der Waals surface area contributed by atoms with Gasteiger partial charge in [0.1, 0.15) is 0 Å². The maximum absolute atomic E-state index is 2.80. The number of fused-ring (bicyclic) bond motifs is 6. The average Bonchev–Trinajstić information content (AvgIpc) is 3.89. The van der Waals surface area contributed by atoms with Crippen LogP contribution in [0.2, 0.25) is 0 Å². The molecule has 11 aromatic rings. The first kappa shape index (κ1) is 37.5. The maximum Gasteiger partial charge on any atom is 0.179 e. The number of hydrogen-bond donors (Lipinski definition) is 0. The van der Waals surface area contributed by atoms with Crippen molar-refractivity contribution >= 4 is 72.4 Å². The molecule has 2 heterocycles. The average molecular weight is 825 g/mol. The Bertz CT molecular complexity index is 3370. The molecule has 1 aliphatic rings. The predicted molar refractivity (Wildman–Crippen MR) is 270 cm³/mol. The summed E-state index contributed by atoms with van der Waals surface area (Å²) in [5, 5.41) is 10.7. The Morgan fingerprint density at radius 3 is 1.60 bits per heavy atom. The summed E-state index contributed by atoms with van der Waals surface area (Å²) in [5.74, 6) is 0.658. The molecular weight excluding hydrogens is 777 g/mol. The molecule has 12 rings (SSSR count). The zero-order valence-electron chi connectivity index (χ0n) is 35.4. The van der Waals surface area contributed by atoms with Crippen LogP contribution >= 0.6 is 0 Å². The molecule has 0 aliphatic heterocycles. The van der Waals surface area contributed by atoms with Crippen LogP contribution in [-0.2, 0) is 0 Å². The third-order valence-corrected chi connectivity index (χ3v) is 18.8. The van der Waals surface area contributed by atoms with Crippen molar-refractivity contribution in [3.63, 3.8) is 0 Å². The smallest absolute Gasteiger partial charge is 0.179 e. The summed E-state index contributed by atoms with van der Waals surface area (Å²) in [5.41, 5.74) is 11.3. The minimum Gasteiger partial charge on any atom is -0.309 e. The second kappa shape index (κ2) is 15.6. The van der Waals surface area contributed by atoms with Crippen molar-refractivity contribution in [2.75, 3.05) is 0 Å². The standard InChI is InChI=1S/C60H48N2Si/c1-5-19-43(20-6-1)45-23-17-28-51(41-45)63(48-24-9-3-10-25-48,49-26-11-4-12-27-49)50-38-36-47(37-39-50)61-56-32-16-14-30-53(56)60-58(61)33-18-34-59(60)62-55-31-15-13-29-52(55)54-42-46(35-40-57(54)62)44-21-7-2-8-22-44/h1,3-6,9-20,23-42,44H,2,7-8,21-22H2. The van der Waals surface area contributed by atoms with Crippen molar-refractivity contribution in [2.45, 2.75) is 38.0 Å². The van der Waals surface area contributed by atoms with Crippen LogP contribution < -0.4 is 20.7 Å². The first-order chi connectivity index (χ1) is 31.3. The van der Waals surface area contributed by atoms with Crippen molar-refractivity contribution in [1.29, 1.82) is 0 Å². The lowest BCUT2D eigenvalue weighted by atomic mass is 9.84. The summed E-state index contributed by atoms with van der Waals surface area (Å²) in [6.45, 7) is 0. The maximum atomic E-state index is 2.53. The molecule has 2 aromatic heterocycles. The molecular formula is C60H48N2Si. The Balaban J connectivity index is 1.05. The van der Waals surface area contributed by atoms with Gasteiger partial charge < -0.3 is 9.13 Å². The van der Waals surface area contributed by atoms with Crippen LogP contribution in [-0.4, -0.2) is 17.2 Å². The third kappa shape index (κ3) is 6.13. The van der Waals surface area contributed by atoms with Crippen LogP contribution in [0.15, 0.2) is 224 Å². The fraction of sp³-hybridized carbons (Fsp3) is 0.100. The highest BCUT2D eigenvalue weighted by atomic mass is 28.3. The third-order valence-electron chi connectivity index (χ3n) is 14.1. The summed E-state index contributed by atoms with van der Waals surface area (Å²) in [6, 6.07) is 84.4. The number of hydrogen-bond acceptors (Lipinski definition) is 0. The van der Waals surface area contributed by atoms with Crippen molar-refractivity contribution in [2.24, 2.45) is 0 Å². The van der Waals surface area contributed by atoms with Crippen LogP contribution in [0.4, 0.5) is 0 Å². The van der Waals surface area contributed by atoms with Crippen molar-refractivity contribution in [3.8, 4) is 22.5 Å². The fourth-order valence-electron chi connectivity index (χ4n) is 11.2. The molecule has 0 amide bonds. The highest BCUT2D eigenvalue weighted by Crippen LogP contribution is 2.41. The zero-order chi connectivity index (χ0) is 41.7. The largest absolute Gasteiger partial charge is 0.309 e. The Labute approximate surface area is 370 Å². The topological polar surface area (TPSA) is 9.86 Å². The molecule has 0 saturated heterocycles. The monoisotopic (exact) mass is 824 g/mol. The number of aromatic nitrogens is 2. The molecule has 3 heteroatoms. The lowest BCUT2D eigenvalue weighted by Gasteiger charge is -2.35. The second-order valence-electron chi connectivity index (χ2n) is 17.5. The van der Waals surface area contributed by atoms with Gasteiger partial charge in [-0.25, -0.2) is 0 Å². The van der Waals surface area contributed by atoms with Crippen molar-refractivity contribution < 1.29 is 0 Å². The number of para-hydroxylation sites is 2. The Morgan fingerprint density at radius 2 is 0.889 bits per heavy atom. The molecule has 63 heavy (non-hydrogen) atoms. The zero-order valence-corrected chi connectivity index (χ0v) is 36.4. The van der Waals surface area contributed by atoms with E-state index in [9.17, 15) is 0 Å². The van der Waals surface area contributed by atoms with Gasteiger partial charge in [0.05, 0.1) is 27.8 Å². The van der Waals surface area contributed by atoms with Gasteiger partial charge in [-0.15, -0.1) is 0 Å². The van der Waals surface area contributed by atoms with Crippen LogP contribution in [0, 0.1) is 0 Å². The van der Waals surface area contributed by atoms with E-state index < -0.39 is 8.07 Å². The molecule has 1 fully saturated rings. The Hall–Kier alpha value is -7.20. The normalized spacial score (nSPS) is 13.7. The molecule has 0 spiro atoms. The van der Waals surface area contributed by atoms with Gasteiger partial charge in [0, 0.05) is 27.2 Å². The summed E-state index contributed by atoms with van der Waals surface area (Å²) >= 11 is 0.